The maximum atomic E-state index is 14.5. The summed E-state index contributed by atoms with van der Waals surface area (Å²) in [6.07, 6.45) is 1.95. The van der Waals surface area contributed by atoms with Gasteiger partial charge in [-0.15, -0.1) is 11.3 Å². The Kier molecular flexibility index (Phi) is 7.36. The lowest BCUT2D eigenvalue weighted by Gasteiger charge is -2.42. The molecule has 2 aliphatic heterocycles. The van der Waals surface area contributed by atoms with E-state index < -0.39 is 34.6 Å². The van der Waals surface area contributed by atoms with Crippen LogP contribution in [0.2, 0.25) is 5.02 Å². The first-order valence-corrected chi connectivity index (χ1v) is 13.3. The summed E-state index contributed by atoms with van der Waals surface area (Å²) in [4.78, 5) is 39.6. The number of benzene rings is 1. The van der Waals surface area contributed by atoms with Crippen molar-refractivity contribution in [2.75, 3.05) is 24.6 Å². The van der Waals surface area contributed by atoms with Crippen molar-refractivity contribution in [1.82, 2.24) is 15.3 Å². The second-order valence-electron chi connectivity index (χ2n) is 8.68. The number of anilines is 1. The molecule has 0 spiro atoms. The van der Waals surface area contributed by atoms with Crippen LogP contribution in [0.3, 0.4) is 0 Å². The van der Waals surface area contributed by atoms with E-state index in [1.54, 1.807) is 30.3 Å². The number of aromatic nitrogens is 2. The van der Waals surface area contributed by atoms with E-state index in [0.29, 0.717) is 36.1 Å². The highest BCUT2D eigenvalue weighted by atomic mass is 35.5. The minimum Gasteiger partial charge on any atom is -0.476 e. The largest absolute Gasteiger partial charge is 0.476 e. The van der Waals surface area contributed by atoms with Gasteiger partial charge in [0.25, 0.3) is 6.01 Å². The molecule has 1 aromatic carbocycles. The Morgan fingerprint density at radius 1 is 1.31 bits per heavy atom. The van der Waals surface area contributed by atoms with Crippen LogP contribution in [0, 0.1) is 17.6 Å². The van der Waals surface area contributed by atoms with E-state index >= 15 is 0 Å². The van der Waals surface area contributed by atoms with Gasteiger partial charge in [-0.2, -0.15) is 4.98 Å². The minimum atomic E-state index is -1.25. The lowest BCUT2D eigenvalue weighted by atomic mass is 9.87. The normalized spacial score (nSPS) is 17.5. The topological polar surface area (TPSA) is 130 Å². The van der Waals surface area contributed by atoms with Crippen LogP contribution in [0.4, 0.5) is 14.8 Å². The van der Waals surface area contributed by atoms with Crippen LogP contribution >= 0.6 is 22.9 Å². The molecule has 2 aromatic heterocycles. The third kappa shape index (κ3) is 4.87. The van der Waals surface area contributed by atoms with Gasteiger partial charge in [-0.25, -0.2) is 23.4 Å². The van der Waals surface area contributed by atoms with Crippen molar-refractivity contribution >= 4 is 46.7 Å². The molecule has 0 radical (unpaired) electrons. The van der Waals surface area contributed by atoms with E-state index in [2.05, 4.69) is 20.3 Å². The number of carbonyl (C=O) groups is 2. The van der Waals surface area contributed by atoms with Gasteiger partial charge < -0.3 is 24.5 Å². The number of carboxylic acid groups (broad SMARTS) is 1. The van der Waals surface area contributed by atoms with Crippen molar-refractivity contribution in [2.24, 2.45) is 10.9 Å². The molecule has 39 heavy (non-hydrogen) atoms. The van der Waals surface area contributed by atoms with Crippen LogP contribution in [-0.2, 0) is 16.0 Å². The predicted molar refractivity (Wildman–Crippen MR) is 138 cm³/mol. The number of thiazole rings is 1. The highest BCUT2D eigenvalue weighted by Crippen LogP contribution is 2.41. The number of halogens is 3. The van der Waals surface area contributed by atoms with Gasteiger partial charge in [0, 0.05) is 48.3 Å². The van der Waals surface area contributed by atoms with Crippen LogP contribution in [0.5, 0.6) is 0 Å². The Labute approximate surface area is 230 Å². The Bertz CT molecular complexity index is 1500. The minimum absolute atomic E-state index is 0.0712. The van der Waals surface area contributed by atoms with Gasteiger partial charge in [0.15, 0.2) is 28.2 Å². The van der Waals surface area contributed by atoms with Crippen molar-refractivity contribution < 1.29 is 32.6 Å². The SMILES string of the molecule is CCOC(=O)C1=C(C2CN(c3nc(C(=O)O)c(CC)o3)C2)NC(c2nccs2)=NC1c1ccc(F)c(F)c1Cl. The number of hydrogen-bond acceptors (Lipinski definition) is 10. The van der Waals surface area contributed by atoms with Gasteiger partial charge in [-0.1, -0.05) is 24.6 Å². The first kappa shape index (κ1) is 26.8. The Morgan fingerprint density at radius 2 is 2.08 bits per heavy atom. The van der Waals surface area contributed by atoms with Crippen LogP contribution < -0.4 is 10.2 Å². The highest BCUT2D eigenvalue weighted by molar-refractivity contribution is 7.11. The number of nitrogens with one attached hydrogen (secondary N) is 1. The molecule has 1 unspecified atom stereocenters. The number of amidine groups is 1. The van der Waals surface area contributed by atoms with Gasteiger partial charge in [0.2, 0.25) is 0 Å². The van der Waals surface area contributed by atoms with Crippen molar-refractivity contribution in [2.45, 2.75) is 26.3 Å². The number of ether oxygens (including phenoxy) is 1. The molecule has 1 atom stereocenters. The van der Waals surface area contributed by atoms with E-state index in [4.69, 9.17) is 20.8 Å². The maximum Gasteiger partial charge on any atom is 0.358 e. The van der Waals surface area contributed by atoms with E-state index in [0.717, 1.165) is 6.07 Å². The van der Waals surface area contributed by atoms with Crippen molar-refractivity contribution in [3.63, 3.8) is 0 Å². The van der Waals surface area contributed by atoms with Gasteiger partial charge in [0.1, 0.15) is 11.8 Å². The molecule has 2 N–H and O–H groups in total. The van der Waals surface area contributed by atoms with E-state index in [1.165, 1.54) is 17.4 Å². The summed E-state index contributed by atoms with van der Waals surface area (Å²) in [5.74, 6) is -3.96. The fourth-order valence-corrected chi connectivity index (χ4v) is 5.29. The zero-order valence-corrected chi connectivity index (χ0v) is 22.3. The lowest BCUT2D eigenvalue weighted by Crippen LogP contribution is -2.52. The molecule has 2 aliphatic rings. The maximum absolute atomic E-state index is 14.5. The standard InChI is InChI=1S/C25H22ClF2N5O5S/c1-3-14-20(23(34)35)32-25(38-14)33-9-11(10-33)18-15(24(36)37-4-2)19(12-5-6-13(27)17(28)16(12)26)31-21(30-18)22-29-7-8-39-22/h5-8,11,19H,3-4,9-10H2,1-2H3,(H,30,31)(H,34,35). The van der Waals surface area contributed by atoms with Crippen LogP contribution in [0.15, 0.2) is 44.4 Å². The lowest BCUT2D eigenvalue weighted by molar-refractivity contribution is -0.139. The fraction of sp³-hybridized carbons (Fsp3) is 0.320. The Balaban J connectivity index is 1.56. The quantitative estimate of drug-likeness (QED) is 0.296. The number of aromatic carboxylic acids is 1. The van der Waals surface area contributed by atoms with Crippen molar-refractivity contribution in [3.05, 3.63) is 73.7 Å². The van der Waals surface area contributed by atoms with Gasteiger partial charge in [-0.05, 0) is 13.0 Å². The zero-order chi connectivity index (χ0) is 27.8. The summed E-state index contributed by atoms with van der Waals surface area (Å²) in [5.41, 5.74) is 0.498. The molecule has 1 fully saturated rings. The molecule has 204 valence electrons. The van der Waals surface area contributed by atoms with E-state index in [-0.39, 0.29) is 41.1 Å². The average Bonchev–Trinajstić information content (AvgIpc) is 3.57. The monoisotopic (exact) mass is 577 g/mol. The average molecular weight is 578 g/mol. The molecule has 0 saturated carbocycles. The van der Waals surface area contributed by atoms with Gasteiger partial charge in [0.05, 0.1) is 17.2 Å². The molecule has 5 rings (SSSR count). The molecule has 10 nitrogen and oxygen atoms in total. The summed E-state index contributed by atoms with van der Waals surface area (Å²) in [5, 5.41) is 14.4. The fourth-order valence-electron chi connectivity index (χ4n) is 4.45. The number of hydrogen-bond donors (Lipinski definition) is 2. The van der Waals surface area contributed by atoms with Gasteiger partial charge >= 0.3 is 11.9 Å². The van der Waals surface area contributed by atoms with Crippen molar-refractivity contribution in [3.8, 4) is 0 Å². The van der Waals surface area contributed by atoms with Crippen LogP contribution in [0.25, 0.3) is 0 Å². The first-order valence-electron chi connectivity index (χ1n) is 12.0. The third-order valence-corrected chi connectivity index (χ3v) is 7.50. The number of rotatable bonds is 8. The van der Waals surface area contributed by atoms with Gasteiger partial charge in [-0.3, -0.25) is 4.99 Å². The predicted octanol–water partition coefficient (Wildman–Crippen LogP) is 4.37. The highest BCUT2D eigenvalue weighted by Gasteiger charge is 2.42. The molecule has 1 saturated heterocycles. The molecule has 14 heteroatoms. The summed E-state index contributed by atoms with van der Waals surface area (Å²) in [7, 11) is 0. The molecule has 4 heterocycles. The number of aliphatic imine (C=N–C) groups is 1. The Hall–Kier alpha value is -3.84. The number of oxazole rings is 1. The molecule has 3 aromatic rings. The van der Waals surface area contributed by atoms with Crippen LogP contribution in [0.1, 0.15) is 46.7 Å². The number of aryl methyl sites for hydroxylation is 1. The van der Waals surface area contributed by atoms with E-state index in [9.17, 15) is 23.5 Å². The molecule has 0 amide bonds. The zero-order valence-electron chi connectivity index (χ0n) is 20.7. The molecular weight excluding hydrogens is 556 g/mol. The number of carboxylic acids is 1. The first-order chi connectivity index (χ1) is 18.7. The summed E-state index contributed by atoms with van der Waals surface area (Å²) >= 11 is 7.52. The molecule has 0 bridgehead atoms. The second-order valence-corrected chi connectivity index (χ2v) is 9.96. The number of esters is 1. The molecular formula is C25H22ClF2N5O5S. The Morgan fingerprint density at radius 3 is 2.69 bits per heavy atom. The van der Waals surface area contributed by atoms with Crippen LogP contribution in [-0.4, -0.2) is 52.5 Å². The molecule has 0 aliphatic carbocycles. The second kappa shape index (κ2) is 10.7. The third-order valence-electron chi connectivity index (χ3n) is 6.33. The number of nitrogens with zero attached hydrogens (tertiary/aromatic N) is 4. The summed E-state index contributed by atoms with van der Waals surface area (Å²) < 4.78 is 39.4. The number of carbonyl (C=O) groups excluding carboxylic acids is 1. The summed E-state index contributed by atoms with van der Waals surface area (Å²) in [6, 6.07) is 1.26. The smallest absolute Gasteiger partial charge is 0.358 e. The van der Waals surface area contributed by atoms with E-state index in [1.807, 2.05) is 0 Å². The summed E-state index contributed by atoms with van der Waals surface area (Å²) in [6.45, 7) is 4.12. The van der Waals surface area contributed by atoms with Crippen molar-refractivity contribution in [1.29, 1.82) is 0 Å².